The number of nitrogens with two attached hydrogens (primary N) is 1. The molecule has 0 unspecified atom stereocenters. The second kappa shape index (κ2) is 7.73. The van der Waals surface area contributed by atoms with Gasteiger partial charge < -0.3 is 24.8 Å². The van der Waals surface area contributed by atoms with Crippen LogP contribution in [0.2, 0.25) is 0 Å². The molecule has 0 aliphatic carbocycles. The smallest absolute Gasteiger partial charge is 0.405 e. The first-order valence-corrected chi connectivity index (χ1v) is 8.02. The Labute approximate surface area is 154 Å². The van der Waals surface area contributed by atoms with Crippen molar-refractivity contribution in [1.29, 1.82) is 0 Å². The van der Waals surface area contributed by atoms with Crippen molar-refractivity contribution in [2.45, 2.75) is 6.10 Å². The number of nitrogens with zero attached hydrogens (tertiary/aromatic N) is 2. The molecule has 1 aliphatic rings. The molecule has 0 fully saturated rings. The SMILES string of the molecule is CN1C(=O)[C@@H](OC(N)=O)COc2ccc(OCC(=O)c3cccnc3)cc21. The number of carbonyl (C=O) groups is 3. The molecule has 0 saturated carbocycles. The molecule has 140 valence electrons. The van der Waals surface area contributed by atoms with Crippen LogP contribution in [0.15, 0.2) is 42.7 Å². The Morgan fingerprint density at radius 3 is 2.89 bits per heavy atom. The van der Waals surface area contributed by atoms with Crippen LogP contribution in [0.4, 0.5) is 10.5 Å². The molecular formula is C18H17N3O6. The van der Waals surface area contributed by atoms with Gasteiger partial charge in [-0.1, -0.05) is 0 Å². The highest BCUT2D eigenvalue weighted by Gasteiger charge is 2.32. The molecule has 2 amide bonds. The maximum atomic E-state index is 12.4. The van der Waals surface area contributed by atoms with E-state index in [2.05, 4.69) is 4.98 Å². The normalized spacial score (nSPS) is 16.0. The first-order valence-electron chi connectivity index (χ1n) is 8.02. The number of anilines is 1. The lowest BCUT2D eigenvalue weighted by atomic mass is 10.2. The first-order chi connectivity index (χ1) is 13.0. The third-order valence-electron chi connectivity index (χ3n) is 3.90. The van der Waals surface area contributed by atoms with Gasteiger partial charge >= 0.3 is 6.09 Å². The molecule has 1 aromatic carbocycles. The van der Waals surface area contributed by atoms with Crippen LogP contribution in [0.1, 0.15) is 10.4 Å². The van der Waals surface area contributed by atoms with Crippen molar-refractivity contribution in [1.82, 2.24) is 4.98 Å². The molecular weight excluding hydrogens is 354 g/mol. The second-order valence-electron chi connectivity index (χ2n) is 5.72. The maximum absolute atomic E-state index is 12.4. The van der Waals surface area contributed by atoms with E-state index in [9.17, 15) is 14.4 Å². The summed E-state index contributed by atoms with van der Waals surface area (Å²) in [5.74, 6) is 0.0700. The number of hydrogen-bond acceptors (Lipinski definition) is 7. The zero-order chi connectivity index (χ0) is 19.4. The minimum Gasteiger partial charge on any atom is -0.487 e. The van der Waals surface area contributed by atoms with Crippen molar-refractivity contribution >= 4 is 23.5 Å². The van der Waals surface area contributed by atoms with E-state index in [1.54, 1.807) is 36.5 Å². The van der Waals surface area contributed by atoms with E-state index < -0.39 is 18.1 Å². The highest BCUT2D eigenvalue weighted by molar-refractivity contribution is 5.99. The number of carbonyl (C=O) groups excluding carboxylic acids is 3. The highest BCUT2D eigenvalue weighted by Crippen LogP contribution is 2.34. The molecule has 0 saturated heterocycles. The summed E-state index contributed by atoms with van der Waals surface area (Å²) in [4.78, 5) is 40.6. The fourth-order valence-electron chi connectivity index (χ4n) is 2.53. The molecule has 9 nitrogen and oxygen atoms in total. The molecule has 1 aromatic heterocycles. The zero-order valence-electron chi connectivity index (χ0n) is 14.5. The summed E-state index contributed by atoms with van der Waals surface area (Å²) < 4.78 is 15.8. The Morgan fingerprint density at radius 2 is 2.19 bits per heavy atom. The number of fused-ring (bicyclic) bond motifs is 1. The van der Waals surface area contributed by atoms with Crippen molar-refractivity contribution in [3.8, 4) is 11.5 Å². The second-order valence-corrected chi connectivity index (χ2v) is 5.72. The topological polar surface area (TPSA) is 121 Å². The average molecular weight is 371 g/mol. The molecule has 0 bridgehead atoms. The number of ketones is 1. The average Bonchev–Trinajstić information content (AvgIpc) is 2.78. The number of primary amides is 1. The molecule has 9 heteroatoms. The molecule has 1 atom stereocenters. The molecule has 0 spiro atoms. The standard InChI is InChI=1S/C18H17N3O6/c1-21-13-7-12(25-9-14(22)11-3-2-6-20-8-11)4-5-15(13)26-10-16(17(21)23)27-18(19)24/h2-8,16H,9-10H2,1H3,(H2,19,24)/t16-/m0/s1. The van der Waals surface area contributed by atoms with E-state index in [0.717, 1.165) is 0 Å². The van der Waals surface area contributed by atoms with Crippen LogP contribution in [0.5, 0.6) is 11.5 Å². The van der Waals surface area contributed by atoms with Gasteiger partial charge in [0, 0.05) is 31.1 Å². The number of rotatable bonds is 5. The van der Waals surface area contributed by atoms with Crippen molar-refractivity contribution in [3.63, 3.8) is 0 Å². The zero-order valence-corrected chi connectivity index (χ0v) is 14.5. The van der Waals surface area contributed by atoms with Gasteiger partial charge in [0.15, 0.2) is 6.61 Å². The number of pyridine rings is 1. The van der Waals surface area contributed by atoms with Gasteiger partial charge in [-0.25, -0.2) is 4.79 Å². The number of hydrogen-bond donors (Lipinski definition) is 1. The van der Waals surface area contributed by atoms with Gasteiger partial charge in [-0.05, 0) is 24.3 Å². The summed E-state index contributed by atoms with van der Waals surface area (Å²) in [6.45, 7) is -0.338. The molecule has 3 rings (SSSR count). The van der Waals surface area contributed by atoms with E-state index in [-0.39, 0.29) is 19.0 Å². The fraction of sp³-hybridized carbons (Fsp3) is 0.222. The van der Waals surface area contributed by atoms with Crippen LogP contribution in [0, 0.1) is 0 Å². The number of Topliss-reactive ketones (excluding diaryl/α,β-unsaturated/α-hetero) is 1. The molecule has 27 heavy (non-hydrogen) atoms. The Hall–Kier alpha value is -3.62. The van der Waals surface area contributed by atoms with Crippen LogP contribution < -0.4 is 20.1 Å². The highest BCUT2D eigenvalue weighted by atomic mass is 16.6. The van der Waals surface area contributed by atoms with Crippen molar-refractivity contribution in [2.24, 2.45) is 5.73 Å². The summed E-state index contributed by atoms with van der Waals surface area (Å²) in [6.07, 6.45) is 0.833. The summed E-state index contributed by atoms with van der Waals surface area (Å²) in [7, 11) is 1.51. The number of likely N-dealkylation sites (N-methyl/N-ethyl adjacent to an activating group) is 1. The first kappa shape index (κ1) is 18.2. The number of benzene rings is 1. The molecule has 2 aromatic rings. The predicted octanol–water partition coefficient (Wildman–Crippen LogP) is 1.16. The Bertz CT molecular complexity index is 871. The molecule has 2 heterocycles. The summed E-state index contributed by atoms with van der Waals surface area (Å²) in [6, 6.07) is 8.10. The van der Waals surface area contributed by atoms with Crippen molar-refractivity contribution in [3.05, 3.63) is 48.3 Å². The van der Waals surface area contributed by atoms with Crippen LogP contribution in [-0.4, -0.2) is 49.1 Å². The third kappa shape index (κ3) is 4.14. The maximum Gasteiger partial charge on any atom is 0.405 e. The molecule has 0 radical (unpaired) electrons. The fourth-order valence-corrected chi connectivity index (χ4v) is 2.53. The Balaban J connectivity index is 1.73. The summed E-state index contributed by atoms with van der Waals surface area (Å²) in [5, 5.41) is 0. The van der Waals surface area contributed by atoms with Gasteiger partial charge in [-0.3, -0.25) is 14.6 Å². The van der Waals surface area contributed by atoms with Crippen molar-refractivity contribution < 1.29 is 28.6 Å². The Kier molecular flexibility index (Phi) is 5.20. The van der Waals surface area contributed by atoms with Crippen molar-refractivity contribution in [2.75, 3.05) is 25.2 Å². The lowest BCUT2D eigenvalue weighted by Crippen LogP contribution is -2.41. The van der Waals surface area contributed by atoms with Crippen LogP contribution in [0.3, 0.4) is 0 Å². The Morgan fingerprint density at radius 1 is 1.37 bits per heavy atom. The lowest BCUT2D eigenvalue weighted by Gasteiger charge is -2.19. The summed E-state index contributed by atoms with van der Waals surface area (Å²) >= 11 is 0. The number of ether oxygens (including phenoxy) is 3. The quantitative estimate of drug-likeness (QED) is 0.783. The van der Waals surface area contributed by atoms with E-state index in [1.807, 2.05) is 0 Å². The van der Waals surface area contributed by atoms with E-state index in [1.165, 1.54) is 18.1 Å². The van der Waals surface area contributed by atoms with E-state index in [0.29, 0.717) is 22.7 Å². The lowest BCUT2D eigenvalue weighted by molar-refractivity contribution is -0.127. The minimum atomic E-state index is -1.14. The van der Waals surface area contributed by atoms with Crippen LogP contribution in [-0.2, 0) is 9.53 Å². The van der Waals surface area contributed by atoms with Gasteiger partial charge in [0.2, 0.25) is 11.9 Å². The molecule has 1 aliphatic heterocycles. The minimum absolute atomic E-state index is 0.154. The van der Waals surface area contributed by atoms with Gasteiger partial charge in [-0.15, -0.1) is 0 Å². The largest absolute Gasteiger partial charge is 0.487 e. The number of aromatic nitrogens is 1. The number of amides is 2. The third-order valence-corrected chi connectivity index (χ3v) is 3.90. The van der Waals surface area contributed by atoms with Gasteiger partial charge in [0.25, 0.3) is 5.91 Å². The monoisotopic (exact) mass is 371 g/mol. The van der Waals surface area contributed by atoms with E-state index >= 15 is 0 Å². The van der Waals surface area contributed by atoms with E-state index in [4.69, 9.17) is 19.9 Å². The molecule has 2 N–H and O–H groups in total. The van der Waals surface area contributed by atoms with Gasteiger partial charge in [0.05, 0.1) is 5.69 Å². The van der Waals surface area contributed by atoms with Gasteiger partial charge in [-0.2, -0.15) is 0 Å². The predicted molar refractivity (Wildman–Crippen MR) is 93.9 cm³/mol. The van der Waals surface area contributed by atoms with Gasteiger partial charge in [0.1, 0.15) is 18.1 Å². The van der Waals surface area contributed by atoms with Crippen LogP contribution >= 0.6 is 0 Å². The van der Waals surface area contributed by atoms with Crippen LogP contribution in [0.25, 0.3) is 0 Å². The summed E-state index contributed by atoms with van der Waals surface area (Å²) in [5.41, 5.74) is 5.84.